The summed E-state index contributed by atoms with van der Waals surface area (Å²) < 4.78 is 50.7. The van der Waals surface area contributed by atoms with Crippen LogP contribution in [0.5, 0.6) is 23.0 Å². The van der Waals surface area contributed by atoms with Crippen LogP contribution in [0.3, 0.4) is 0 Å². The smallest absolute Gasteiger partial charge is 0.416 e. The number of hydrogen-bond donors (Lipinski definition) is 0. The Morgan fingerprint density at radius 3 is 0.838 bits per heavy atom. The SMILES string of the molecule is Cl.O=P(CCCCP(=O)(Oc1ccccc1)Oc1ccccc1)(Oc1ccccc1)Oc1ccccc1. The van der Waals surface area contributed by atoms with Crippen molar-refractivity contribution in [2.45, 2.75) is 12.8 Å². The molecule has 4 aromatic rings. The zero-order valence-electron chi connectivity index (χ0n) is 20.1. The first-order chi connectivity index (χ1) is 17.5. The zero-order chi connectivity index (χ0) is 25.1. The number of para-hydroxylation sites is 4. The van der Waals surface area contributed by atoms with Gasteiger partial charge in [-0.1, -0.05) is 72.8 Å². The molecule has 0 bridgehead atoms. The molecular formula is C28H29ClO6P2. The van der Waals surface area contributed by atoms with Crippen molar-refractivity contribution in [3.05, 3.63) is 121 Å². The minimum Gasteiger partial charge on any atom is -0.416 e. The van der Waals surface area contributed by atoms with Crippen LogP contribution < -0.4 is 18.1 Å². The van der Waals surface area contributed by atoms with Crippen LogP contribution in [0.1, 0.15) is 12.8 Å². The average Bonchev–Trinajstić information content (AvgIpc) is 2.89. The normalized spacial score (nSPS) is 11.1. The number of rotatable bonds is 13. The molecule has 0 spiro atoms. The maximum Gasteiger partial charge on any atom is 0.430 e. The maximum absolute atomic E-state index is 13.7. The Bertz CT molecular complexity index is 1100. The lowest BCUT2D eigenvalue weighted by Gasteiger charge is -2.22. The standard InChI is InChI=1S/C28H28O6P2.ClH/c29-35(31-25-15-5-1-6-16-25,32-26-17-7-2-8-18-26)23-13-14-24-36(30,33-27-19-9-3-10-20-27)34-28-21-11-4-12-22-28;/h1-12,15-22H,13-14,23-24H2;1H. The Labute approximate surface area is 224 Å². The Morgan fingerprint density at radius 1 is 0.405 bits per heavy atom. The van der Waals surface area contributed by atoms with Crippen LogP contribution in [-0.2, 0) is 9.13 Å². The predicted octanol–water partition coefficient (Wildman–Crippen LogP) is 8.89. The number of benzene rings is 4. The van der Waals surface area contributed by atoms with Crippen molar-refractivity contribution in [3.63, 3.8) is 0 Å². The number of halogens is 1. The molecule has 9 heteroatoms. The minimum atomic E-state index is -3.55. The van der Waals surface area contributed by atoms with Crippen molar-refractivity contribution in [2.75, 3.05) is 12.3 Å². The third-order valence-electron chi connectivity index (χ3n) is 5.06. The predicted molar refractivity (Wildman–Crippen MR) is 150 cm³/mol. The van der Waals surface area contributed by atoms with Gasteiger partial charge in [0, 0.05) is 0 Å². The van der Waals surface area contributed by atoms with E-state index in [2.05, 4.69) is 0 Å². The van der Waals surface area contributed by atoms with E-state index in [0.717, 1.165) is 0 Å². The summed E-state index contributed by atoms with van der Waals surface area (Å²) in [7, 11) is -7.10. The molecule has 4 rings (SSSR count). The van der Waals surface area contributed by atoms with Gasteiger partial charge in [-0.15, -0.1) is 12.4 Å². The van der Waals surface area contributed by atoms with E-state index in [1.807, 2.05) is 24.3 Å². The van der Waals surface area contributed by atoms with E-state index in [-0.39, 0.29) is 24.7 Å². The van der Waals surface area contributed by atoms with Crippen LogP contribution in [0, 0.1) is 0 Å². The molecule has 0 unspecified atom stereocenters. The molecule has 4 aromatic carbocycles. The molecule has 0 aliphatic rings. The topological polar surface area (TPSA) is 71.1 Å². The maximum atomic E-state index is 13.7. The number of hydrogen-bond acceptors (Lipinski definition) is 6. The fourth-order valence-electron chi connectivity index (χ4n) is 3.40. The first kappa shape index (κ1) is 28.4. The summed E-state index contributed by atoms with van der Waals surface area (Å²) in [6.07, 6.45) is 1.12. The molecule has 194 valence electrons. The highest BCUT2D eigenvalue weighted by Gasteiger charge is 2.31. The van der Waals surface area contributed by atoms with Gasteiger partial charge in [0.2, 0.25) is 0 Å². The summed E-state index contributed by atoms with van der Waals surface area (Å²) in [6.45, 7) is 0. The van der Waals surface area contributed by atoms with Crippen molar-refractivity contribution >= 4 is 27.6 Å². The summed E-state index contributed by atoms with van der Waals surface area (Å²) in [6, 6.07) is 35.7. The van der Waals surface area contributed by atoms with Crippen LogP contribution >= 0.6 is 27.6 Å². The molecule has 37 heavy (non-hydrogen) atoms. The van der Waals surface area contributed by atoms with Gasteiger partial charge < -0.3 is 18.1 Å². The van der Waals surface area contributed by atoms with Crippen molar-refractivity contribution < 1.29 is 27.2 Å². The minimum absolute atomic E-state index is 0. The Hall–Kier alpha value is -3.17. The van der Waals surface area contributed by atoms with Crippen LogP contribution in [0.2, 0.25) is 0 Å². The molecule has 0 saturated carbocycles. The highest BCUT2D eigenvalue weighted by molar-refractivity contribution is 7.55. The van der Waals surface area contributed by atoms with E-state index in [0.29, 0.717) is 35.8 Å². The van der Waals surface area contributed by atoms with Gasteiger partial charge in [-0.2, -0.15) is 0 Å². The Morgan fingerprint density at radius 2 is 0.622 bits per heavy atom. The van der Waals surface area contributed by atoms with Gasteiger partial charge in [-0.3, -0.25) is 0 Å². The van der Waals surface area contributed by atoms with E-state index >= 15 is 0 Å². The van der Waals surface area contributed by atoms with Crippen molar-refractivity contribution in [3.8, 4) is 23.0 Å². The van der Waals surface area contributed by atoms with Gasteiger partial charge in [-0.05, 0) is 61.4 Å². The number of unbranched alkanes of at least 4 members (excludes halogenated alkanes) is 1. The second kappa shape index (κ2) is 13.9. The van der Waals surface area contributed by atoms with Crippen LogP contribution in [0.4, 0.5) is 0 Å². The van der Waals surface area contributed by atoms with Gasteiger partial charge in [0.05, 0.1) is 12.3 Å². The van der Waals surface area contributed by atoms with Crippen LogP contribution in [-0.4, -0.2) is 12.3 Å². The monoisotopic (exact) mass is 558 g/mol. The molecule has 0 aromatic heterocycles. The third kappa shape index (κ3) is 9.33. The first-order valence-electron chi connectivity index (χ1n) is 11.7. The lowest BCUT2D eigenvalue weighted by Crippen LogP contribution is -2.08. The molecular weight excluding hydrogens is 530 g/mol. The second-order valence-corrected chi connectivity index (χ2v) is 12.1. The van der Waals surface area contributed by atoms with Crippen molar-refractivity contribution in [1.82, 2.24) is 0 Å². The quantitative estimate of drug-likeness (QED) is 0.120. The van der Waals surface area contributed by atoms with E-state index < -0.39 is 15.2 Å². The lowest BCUT2D eigenvalue weighted by atomic mass is 10.3. The third-order valence-corrected chi connectivity index (χ3v) is 8.75. The van der Waals surface area contributed by atoms with E-state index in [4.69, 9.17) is 18.1 Å². The molecule has 0 amide bonds. The van der Waals surface area contributed by atoms with Gasteiger partial charge >= 0.3 is 15.2 Å². The Kier molecular flexibility index (Phi) is 10.7. The van der Waals surface area contributed by atoms with E-state index in [1.165, 1.54) is 0 Å². The molecule has 0 saturated heterocycles. The van der Waals surface area contributed by atoms with Crippen molar-refractivity contribution in [1.29, 1.82) is 0 Å². The molecule has 0 aliphatic heterocycles. The summed E-state index contributed by atoms with van der Waals surface area (Å²) in [5.74, 6) is 1.84. The highest BCUT2D eigenvalue weighted by atomic mass is 35.5. The molecule has 0 aliphatic carbocycles. The summed E-state index contributed by atoms with van der Waals surface area (Å²) in [4.78, 5) is 0. The first-order valence-corrected chi connectivity index (χ1v) is 15.1. The molecule has 0 atom stereocenters. The van der Waals surface area contributed by atoms with E-state index in [9.17, 15) is 9.13 Å². The Balaban J connectivity index is 0.00000380. The van der Waals surface area contributed by atoms with Crippen LogP contribution in [0.25, 0.3) is 0 Å². The summed E-state index contributed by atoms with van der Waals surface area (Å²) >= 11 is 0. The molecule has 0 N–H and O–H groups in total. The molecule has 6 nitrogen and oxygen atoms in total. The average molecular weight is 559 g/mol. The summed E-state index contributed by atoms with van der Waals surface area (Å²) in [5, 5.41) is 0. The zero-order valence-corrected chi connectivity index (χ0v) is 22.7. The highest BCUT2D eigenvalue weighted by Crippen LogP contribution is 2.52. The van der Waals surface area contributed by atoms with Gasteiger partial charge in [0.1, 0.15) is 23.0 Å². The van der Waals surface area contributed by atoms with Gasteiger partial charge in [0.25, 0.3) is 0 Å². The fourth-order valence-corrected chi connectivity index (χ4v) is 6.83. The largest absolute Gasteiger partial charge is 0.430 e. The molecule has 0 radical (unpaired) electrons. The van der Waals surface area contributed by atoms with E-state index in [1.54, 1.807) is 97.1 Å². The van der Waals surface area contributed by atoms with Gasteiger partial charge in [0.15, 0.2) is 0 Å². The second-order valence-electron chi connectivity index (χ2n) is 7.99. The fraction of sp³-hybridized carbons (Fsp3) is 0.143. The lowest BCUT2D eigenvalue weighted by molar-refractivity contribution is 0.377. The van der Waals surface area contributed by atoms with Crippen LogP contribution in [0.15, 0.2) is 121 Å². The van der Waals surface area contributed by atoms with Crippen molar-refractivity contribution in [2.24, 2.45) is 0 Å². The molecule has 0 fully saturated rings. The summed E-state index contributed by atoms with van der Waals surface area (Å²) in [5.41, 5.74) is 0. The molecule has 0 heterocycles. The van der Waals surface area contributed by atoms with Gasteiger partial charge in [-0.25, -0.2) is 9.13 Å².